The van der Waals surface area contributed by atoms with Gasteiger partial charge in [-0.25, -0.2) is 4.99 Å². The molecule has 0 radical (unpaired) electrons. The molecule has 0 aliphatic heterocycles. The van der Waals surface area contributed by atoms with Crippen LogP contribution in [0.1, 0.15) is 5.76 Å². The topological polar surface area (TPSA) is 82.8 Å². The minimum absolute atomic E-state index is 0.0599. The van der Waals surface area contributed by atoms with Crippen LogP contribution in [0.5, 0.6) is 5.75 Å². The van der Waals surface area contributed by atoms with Crippen LogP contribution in [0.3, 0.4) is 0 Å². The maximum absolute atomic E-state index is 10.9. The monoisotopic (exact) mass is 407 g/mol. The van der Waals surface area contributed by atoms with E-state index in [-0.39, 0.29) is 5.69 Å². The third kappa shape index (κ3) is 4.12. The van der Waals surface area contributed by atoms with Crippen LogP contribution in [-0.4, -0.2) is 16.6 Å². The molecule has 7 nitrogen and oxygen atoms in total. The lowest BCUT2D eigenvalue weighted by atomic mass is 10.1. The summed E-state index contributed by atoms with van der Waals surface area (Å²) in [6, 6.07) is 17.8. The molecule has 4 rings (SSSR count). The first-order valence-electron chi connectivity index (χ1n) is 8.78. The number of ether oxygens (including phenoxy) is 1. The molecule has 0 saturated heterocycles. The molecule has 0 unspecified atom stereocenters. The van der Waals surface area contributed by atoms with E-state index in [1.165, 1.54) is 23.5 Å². The Morgan fingerprint density at radius 3 is 2.52 bits per heavy atom. The molecule has 2 heterocycles. The lowest BCUT2D eigenvalue weighted by Crippen LogP contribution is -2.16. The highest BCUT2D eigenvalue weighted by Crippen LogP contribution is 2.25. The second-order valence-corrected chi connectivity index (χ2v) is 7.02. The van der Waals surface area contributed by atoms with Crippen molar-refractivity contribution in [2.75, 3.05) is 7.11 Å². The first kappa shape index (κ1) is 18.7. The molecule has 0 amide bonds. The number of rotatable bonds is 6. The Labute approximate surface area is 170 Å². The molecule has 0 atom stereocenters. The number of benzene rings is 2. The third-order valence-corrected chi connectivity index (χ3v) is 5.23. The van der Waals surface area contributed by atoms with E-state index in [4.69, 9.17) is 14.1 Å². The Bertz CT molecular complexity index is 1170. The fourth-order valence-electron chi connectivity index (χ4n) is 2.88. The Morgan fingerprint density at radius 2 is 1.90 bits per heavy atom. The molecule has 0 spiro atoms. The van der Waals surface area contributed by atoms with E-state index >= 15 is 0 Å². The van der Waals surface area contributed by atoms with Gasteiger partial charge in [-0.15, -0.1) is 11.3 Å². The van der Waals surface area contributed by atoms with Gasteiger partial charge in [0.1, 0.15) is 11.5 Å². The van der Waals surface area contributed by atoms with E-state index in [1.807, 2.05) is 46.3 Å². The van der Waals surface area contributed by atoms with Crippen LogP contribution in [0.2, 0.25) is 0 Å². The highest BCUT2D eigenvalue weighted by Gasteiger charge is 2.12. The summed E-state index contributed by atoms with van der Waals surface area (Å²) in [7, 11) is 1.62. The Hall–Kier alpha value is -3.65. The van der Waals surface area contributed by atoms with Gasteiger partial charge in [-0.05, 0) is 54.1 Å². The normalized spacial score (nSPS) is 11.6. The highest BCUT2D eigenvalue weighted by atomic mass is 32.1. The van der Waals surface area contributed by atoms with Gasteiger partial charge in [0.25, 0.3) is 5.69 Å². The summed E-state index contributed by atoms with van der Waals surface area (Å²) in [5.74, 6) is 1.56. The van der Waals surface area contributed by atoms with Gasteiger partial charge in [-0.2, -0.15) is 0 Å². The average Bonchev–Trinajstić information content (AvgIpc) is 3.40. The van der Waals surface area contributed by atoms with Crippen molar-refractivity contribution in [1.82, 2.24) is 4.57 Å². The number of thiazole rings is 1. The zero-order valence-electron chi connectivity index (χ0n) is 15.5. The molecule has 0 N–H and O–H groups in total. The molecule has 8 heteroatoms. The zero-order valence-corrected chi connectivity index (χ0v) is 16.3. The first-order chi connectivity index (χ1) is 14.1. The van der Waals surface area contributed by atoms with Crippen molar-refractivity contribution in [1.29, 1.82) is 0 Å². The maximum Gasteiger partial charge on any atom is 0.269 e. The Balaban J connectivity index is 1.79. The van der Waals surface area contributed by atoms with Crippen LogP contribution in [0.15, 0.2) is 81.7 Å². The Morgan fingerprint density at radius 1 is 1.14 bits per heavy atom. The van der Waals surface area contributed by atoms with E-state index < -0.39 is 4.92 Å². The number of hydrogen-bond donors (Lipinski definition) is 0. The van der Waals surface area contributed by atoms with Crippen molar-refractivity contribution in [2.24, 2.45) is 4.99 Å². The minimum atomic E-state index is -0.404. The van der Waals surface area contributed by atoms with E-state index in [0.29, 0.717) is 6.54 Å². The fourth-order valence-corrected chi connectivity index (χ4v) is 3.81. The third-order valence-electron chi connectivity index (χ3n) is 4.36. The molecule has 0 bridgehead atoms. The molecular formula is C21H17N3O4S. The van der Waals surface area contributed by atoms with Gasteiger partial charge in [-0.1, -0.05) is 0 Å². The summed E-state index contributed by atoms with van der Waals surface area (Å²) < 4.78 is 12.8. The van der Waals surface area contributed by atoms with Crippen LogP contribution in [0, 0.1) is 10.1 Å². The van der Waals surface area contributed by atoms with Gasteiger partial charge in [0.2, 0.25) is 0 Å². The van der Waals surface area contributed by atoms with Crippen LogP contribution >= 0.6 is 11.3 Å². The predicted octanol–water partition coefficient (Wildman–Crippen LogP) is 5.01. The number of nitrogens with zero attached hydrogens (tertiary/aromatic N) is 3. The van der Waals surface area contributed by atoms with Crippen molar-refractivity contribution >= 4 is 22.7 Å². The summed E-state index contributed by atoms with van der Waals surface area (Å²) >= 11 is 1.50. The number of nitro groups is 1. The standard InChI is InChI=1S/C21H17N3O4S/c1-27-18-10-6-16(7-11-18)22-21-23(13-19-3-2-12-28-19)20(14-29-21)15-4-8-17(9-5-15)24(25)26/h2-12,14H,13H2,1H3. The average molecular weight is 407 g/mol. The number of furan rings is 1. The van der Waals surface area contributed by atoms with Crippen molar-refractivity contribution in [3.63, 3.8) is 0 Å². The van der Waals surface area contributed by atoms with Crippen molar-refractivity contribution in [3.8, 4) is 17.0 Å². The number of nitro benzene ring substituents is 1. The summed E-state index contributed by atoms with van der Waals surface area (Å²) in [6.07, 6.45) is 1.63. The second-order valence-electron chi connectivity index (χ2n) is 6.18. The number of hydrogen-bond acceptors (Lipinski definition) is 6. The summed E-state index contributed by atoms with van der Waals surface area (Å²) in [5.41, 5.74) is 2.64. The first-order valence-corrected chi connectivity index (χ1v) is 9.66. The summed E-state index contributed by atoms with van der Waals surface area (Å²) in [4.78, 5) is 16.1. The van der Waals surface area contributed by atoms with E-state index in [0.717, 1.165) is 33.3 Å². The molecular weight excluding hydrogens is 390 g/mol. The number of methoxy groups -OCH3 is 1. The fraction of sp³-hybridized carbons (Fsp3) is 0.0952. The van der Waals surface area contributed by atoms with Gasteiger partial charge in [0.05, 0.1) is 36.2 Å². The summed E-state index contributed by atoms with van der Waals surface area (Å²) in [6.45, 7) is 0.498. The maximum atomic E-state index is 10.9. The molecule has 2 aromatic heterocycles. The Kier molecular flexibility index (Phi) is 5.26. The van der Waals surface area contributed by atoms with Gasteiger partial charge in [0, 0.05) is 17.5 Å². The molecule has 29 heavy (non-hydrogen) atoms. The molecule has 0 aliphatic rings. The second kappa shape index (κ2) is 8.15. The van der Waals surface area contributed by atoms with Gasteiger partial charge in [-0.3, -0.25) is 10.1 Å². The molecule has 4 aromatic rings. The van der Waals surface area contributed by atoms with Gasteiger partial charge in [0.15, 0.2) is 4.80 Å². The quantitative estimate of drug-likeness (QED) is 0.332. The molecule has 0 fully saturated rings. The van der Waals surface area contributed by atoms with Gasteiger partial charge < -0.3 is 13.7 Å². The molecule has 0 saturated carbocycles. The van der Waals surface area contributed by atoms with Crippen LogP contribution in [-0.2, 0) is 6.54 Å². The number of aromatic nitrogens is 1. The molecule has 146 valence electrons. The number of non-ortho nitro benzene ring substituents is 1. The molecule has 2 aromatic carbocycles. The van der Waals surface area contributed by atoms with E-state index in [9.17, 15) is 10.1 Å². The van der Waals surface area contributed by atoms with E-state index in [1.54, 1.807) is 25.5 Å². The summed E-state index contributed by atoms with van der Waals surface area (Å²) in [5, 5.41) is 12.9. The minimum Gasteiger partial charge on any atom is -0.497 e. The van der Waals surface area contributed by atoms with Crippen molar-refractivity contribution in [3.05, 3.63) is 93.0 Å². The zero-order chi connectivity index (χ0) is 20.2. The van der Waals surface area contributed by atoms with Gasteiger partial charge >= 0.3 is 0 Å². The molecule has 0 aliphatic carbocycles. The van der Waals surface area contributed by atoms with Crippen molar-refractivity contribution in [2.45, 2.75) is 6.54 Å². The SMILES string of the molecule is COc1ccc(N=c2scc(-c3ccc([N+](=O)[O-])cc3)n2Cc2ccco2)cc1. The van der Waals surface area contributed by atoms with E-state index in [2.05, 4.69) is 0 Å². The lowest BCUT2D eigenvalue weighted by Gasteiger charge is -2.08. The van der Waals surface area contributed by atoms with Crippen LogP contribution < -0.4 is 9.54 Å². The largest absolute Gasteiger partial charge is 0.497 e. The lowest BCUT2D eigenvalue weighted by molar-refractivity contribution is -0.384. The van der Waals surface area contributed by atoms with Crippen LogP contribution in [0.25, 0.3) is 11.3 Å². The highest BCUT2D eigenvalue weighted by molar-refractivity contribution is 7.07. The smallest absolute Gasteiger partial charge is 0.269 e. The predicted molar refractivity (Wildman–Crippen MR) is 110 cm³/mol. The van der Waals surface area contributed by atoms with Crippen LogP contribution in [0.4, 0.5) is 11.4 Å². The van der Waals surface area contributed by atoms with Crippen molar-refractivity contribution < 1.29 is 14.1 Å².